The van der Waals surface area contributed by atoms with Gasteiger partial charge < -0.3 is 9.32 Å². The van der Waals surface area contributed by atoms with Crippen LogP contribution in [0.2, 0.25) is 0 Å². The Hall–Kier alpha value is -2.67. The second-order valence-corrected chi connectivity index (χ2v) is 9.79. The largest absolute Gasteiger partial charge is 0.463 e. The number of amides is 1. The number of carbonyl (C=O) groups is 1. The molecule has 0 N–H and O–H groups in total. The molecule has 7 heteroatoms. The SMILES string of the molecule is O=C(Cn1nc(-c2ccco2)ccc1=O)N1CCCC2=C[C@H]3C[C@@H](CN4CCCCC34)C21. The Balaban J connectivity index is 1.26. The third-order valence-electron chi connectivity index (χ3n) is 7.90. The van der Waals surface area contributed by atoms with E-state index in [-0.39, 0.29) is 24.1 Å². The number of hydrogen-bond donors (Lipinski definition) is 0. The van der Waals surface area contributed by atoms with Crippen LogP contribution in [0.4, 0.5) is 0 Å². The van der Waals surface area contributed by atoms with E-state index >= 15 is 0 Å². The van der Waals surface area contributed by atoms with E-state index in [1.807, 2.05) is 4.90 Å². The van der Waals surface area contributed by atoms with Crippen LogP contribution in [-0.4, -0.2) is 57.2 Å². The summed E-state index contributed by atoms with van der Waals surface area (Å²) in [7, 11) is 0. The lowest BCUT2D eigenvalue weighted by atomic mass is 9.68. The third kappa shape index (κ3) is 3.43. The first-order valence-corrected chi connectivity index (χ1v) is 12.0. The van der Waals surface area contributed by atoms with Crippen molar-refractivity contribution < 1.29 is 9.21 Å². The number of carbonyl (C=O) groups excluding carboxylic acids is 1. The molecule has 0 aromatic carbocycles. The Morgan fingerprint density at radius 1 is 1.16 bits per heavy atom. The summed E-state index contributed by atoms with van der Waals surface area (Å²) in [6, 6.07) is 7.57. The second kappa shape index (κ2) is 8.03. The second-order valence-electron chi connectivity index (χ2n) is 9.79. The smallest absolute Gasteiger partial charge is 0.267 e. The van der Waals surface area contributed by atoms with Crippen molar-refractivity contribution in [3.63, 3.8) is 0 Å². The van der Waals surface area contributed by atoms with E-state index < -0.39 is 0 Å². The number of nitrogens with zero attached hydrogens (tertiary/aromatic N) is 4. The maximum Gasteiger partial charge on any atom is 0.267 e. The highest BCUT2D eigenvalue weighted by molar-refractivity contribution is 5.77. The minimum atomic E-state index is -0.265. The first kappa shape index (κ1) is 20.0. The van der Waals surface area contributed by atoms with Gasteiger partial charge in [-0.15, -0.1) is 0 Å². The Morgan fingerprint density at radius 3 is 2.97 bits per heavy atom. The van der Waals surface area contributed by atoms with E-state index in [2.05, 4.69) is 16.1 Å². The predicted molar refractivity (Wildman–Crippen MR) is 120 cm³/mol. The van der Waals surface area contributed by atoms with Gasteiger partial charge in [-0.3, -0.25) is 14.5 Å². The van der Waals surface area contributed by atoms with Gasteiger partial charge in [0.1, 0.15) is 12.2 Å². The van der Waals surface area contributed by atoms with Crippen molar-refractivity contribution in [2.24, 2.45) is 11.8 Å². The zero-order chi connectivity index (χ0) is 21.7. The van der Waals surface area contributed by atoms with Gasteiger partial charge >= 0.3 is 0 Å². The van der Waals surface area contributed by atoms with Crippen LogP contribution < -0.4 is 5.56 Å². The van der Waals surface area contributed by atoms with Crippen LogP contribution in [0.3, 0.4) is 0 Å². The first-order chi connectivity index (χ1) is 15.7. The molecule has 4 aliphatic rings. The molecule has 0 spiro atoms. The molecule has 0 radical (unpaired) electrons. The number of rotatable bonds is 3. The number of likely N-dealkylation sites (tertiary alicyclic amines) is 1. The van der Waals surface area contributed by atoms with Gasteiger partial charge in [-0.05, 0) is 68.7 Å². The van der Waals surface area contributed by atoms with E-state index in [0.717, 1.165) is 25.9 Å². The topological polar surface area (TPSA) is 71.6 Å². The molecular formula is C25H30N4O3. The summed E-state index contributed by atoms with van der Waals surface area (Å²) >= 11 is 0. The molecule has 32 heavy (non-hydrogen) atoms. The van der Waals surface area contributed by atoms with Crippen LogP contribution in [0.25, 0.3) is 11.5 Å². The van der Waals surface area contributed by atoms with E-state index in [4.69, 9.17) is 4.42 Å². The van der Waals surface area contributed by atoms with Crippen molar-refractivity contribution >= 4 is 5.91 Å². The summed E-state index contributed by atoms with van der Waals surface area (Å²) in [4.78, 5) is 30.7. The van der Waals surface area contributed by atoms with Crippen molar-refractivity contribution in [2.75, 3.05) is 19.6 Å². The predicted octanol–water partition coefficient (Wildman–Crippen LogP) is 2.92. The first-order valence-electron chi connectivity index (χ1n) is 12.0. The van der Waals surface area contributed by atoms with Crippen LogP contribution in [0.5, 0.6) is 0 Å². The third-order valence-corrected chi connectivity index (χ3v) is 7.90. The van der Waals surface area contributed by atoms with E-state index in [0.29, 0.717) is 29.3 Å². The maximum absolute atomic E-state index is 13.5. The lowest BCUT2D eigenvalue weighted by Gasteiger charge is -2.54. The lowest BCUT2D eigenvalue weighted by Crippen LogP contribution is -2.60. The Kier molecular flexibility index (Phi) is 5.01. The zero-order valence-corrected chi connectivity index (χ0v) is 18.4. The molecule has 4 atom stereocenters. The van der Waals surface area contributed by atoms with Gasteiger partial charge in [-0.1, -0.05) is 18.1 Å². The van der Waals surface area contributed by atoms with Crippen molar-refractivity contribution in [2.45, 2.75) is 57.2 Å². The Morgan fingerprint density at radius 2 is 2.09 bits per heavy atom. The van der Waals surface area contributed by atoms with Crippen LogP contribution in [0, 0.1) is 11.8 Å². The molecule has 2 aromatic heterocycles. The maximum atomic E-state index is 13.5. The number of aromatic nitrogens is 2. The molecule has 3 aliphatic heterocycles. The van der Waals surface area contributed by atoms with Crippen LogP contribution in [0.1, 0.15) is 38.5 Å². The van der Waals surface area contributed by atoms with Gasteiger partial charge in [0, 0.05) is 25.2 Å². The standard InChI is InChI=1S/C25H30N4O3/c30-23-9-8-20(22-7-4-12-32-22)26-29(23)16-24(31)28-11-3-5-17-13-18-14-19(25(17)28)15-27-10-2-1-6-21(18)27/h4,7-9,12-13,18-19,21,25H,1-3,5-6,10-11,14-16H2/t18-,19-,21?,25?/m0/s1. The summed E-state index contributed by atoms with van der Waals surface area (Å²) in [5.74, 6) is 1.72. The van der Waals surface area contributed by atoms with Gasteiger partial charge in [0.05, 0.1) is 12.3 Å². The summed E-state index contributed by atoms with van der Waals surface area (Å²) in [6.07, 6.45) is 11.3. The normalized spacial score (nSPS) is 29.8. The summed E-state index contributed by atoms with van der Waals surface area (Å²) in [5, 5.41) is 4.41. The Bertz CT molecular complexity index is 1090. The molecule has 1 amide bonds. The van der Waals surface area contributed by atoms with E-state index in [1.54, 1.807) is 24.5 Å². The molecule has 5 heterocycles. The fourth-order valence-electron chi connectivity index (χ4n) is 6.59. The van der Waals surface area contributed by atoms with Crippen LogP contribution in [-0.2, 0) is 11.3 Å². The fraction of sp³-hybridized carbons (Fsp3) is 0.560. The molecule has 168 valence electrons. The molecule has 2 aromatic rings. The lowest BCUT2D eigenvalue weighted by molar-refractivity contribution is -0.137. The van der Waals surface area contributed by atoms with Crippen molar-refractivity contribution in [1.82, 2.24) is 19.6 Å². The summed E-state index contributed by atoms with van der Waals surface area (Å²) in [5.41, 5.74) is 1.75. The fourth-order valence-corrected chi connectivity index (χ4v) is 6.59. The van der Waals surface area contributed by atoms with Crippen LogP contribution in [0.15, 0.2) is 51.4 Å². The van der Waals surface area contributed by atoms with E-state index in [1.165, 1.54) is 48.5 Å². The molecule has 6 rings (SSSR count). The molecule has 0 saturated carbocycles. The minimum Gasteiger partial charge on any atom is -0.463 e. The molecule has 3 fully saturated rings. The monoisotopic (exact) mass is 434 g/mol. The quantitative estimate of drug-likeness (QED) is 0.695. The molecular weight excluding hydrogens is 404 g/mol. The number of hydrogen-bond acceptors (Lipinski definition) is 5. The molecule has 3 saturated heterocycles. The van der Waals surface area contributed by atoms with Crippen molar-refractivity contribution in [1.29, 1.82) is 0 Å². The number of fused-ring (bicyclic) bond motifs is 6. The number of piperidine rings is 3. The van der Waals surface area contributed by atoms with E-state index in [9.17, 15) is 9.59 Å². The number of furan rings is 1. The average molecular weight is 435 g/mol. The molecule has 2 unspecified atom stereocenters. The van der Waals surface area contributed by atoms with Crippen molar-refractivity contribution in [3.05, 3.63) is 52.5 Å². The summed E-state index contributed by atoms with van der Waals surface area (Å²) < 4.78 is 6.69. The molecule has 2 bridgehead atoms. The van der Waals surface area contributed by atoms with Crippen molar-refractivity contribution in [3.8, 4) is 11.5 Å². The van der Waals surface area contributed by atoms with Gasteiger partial charge in [0.2, 0.25) is 5.91 Å². The van der Waals surface area contributed by atoms with Crippen LogP contribution >= 0.6 is 0 Å². The highest BCUT2D eigenvalue weighted by Crippen LogP contribution is 2.45. The average Bonchev–Trinajstić information content (AvgIpc) is 3.35. The highest BCUT2D eigenvalue weighted by atomic mass is 16.3. The van der Waals surface area contributed by atoms with Gasteiger partial charge in [-0.25, -0.2) is 4.68 Å². The zero-order valence-electron chi connectivity index (χ0n) is 18.4. The van der Waals surface area contributed by atoms with Gasteiger partial charge in [-0.2, -0.15) is 5.10 Å². The minimum absolute atomic E-state index is 0.00832. The highest BCUT2D eigenvalue weighted by Gasteiger charge is 2.46. The van der Waals surface area contributed by atoms with Gasteiger partial charge in [0.15, 0.2) is 5.76 Å². The summed E-state index contributed by atoms with van der Waals surface area (Å²) in [6.45, 7) is 3.03. The molecule has 1 aliphatic carbocycles. The van der Waals surface area contributed by atoms with Gasteiger partial charge in [0.25, 0.3) is 5.56 Å². The molecule has 7 nitrogen and oxygen atoms in total. The Labute approximate surface area is 187 Å².